The van der Waals surface area contributed by atoms with Crippen molar-refractivity contribution < 1.29 is 17.6 Å². The maximum absolute atomic E-state index is 13.1. The Hall–Kier alpha value is -2.47. The summed E-state index contributed by atoms with van der Waals surface area (Å²) in [5, 5.41) is 0. The summed E-state index contributed by atoms with van der Waals surface area (Å²) < 4.78 is 37.1. The van der Waals surface area contributed by atoms with Crippen LogP contribution in [0.3, 0.4) is 0 Å². The van der Waals surface area contributed by atoms with Crippen LogP contribution < -0.4 is 0 Å². The number of rotatable bonds is 5. The summed E-state index contributed by atoms with van der Waals surface area (Å²) in [6, 6.07) is 13.6. The number of hydrogen-bond acceptors (Lipinski definition) is 3. The fourth-order valence-corrected chi connectivity index (χ4v) is 5.28. The Balaban J connectivity index is 1.81. The molecule has 0 saturated carbocycles. The smallest absolute Gasteiger partial charge is 0.247 e. The predicted octanol–water partition coefficient (Wildman–Crippen LogP) is 4.35. The van der Waals surface area contributed by atoms with Crippen molar-refractivity contribution >= 4 is 21.8 Å². The molecular formula is C24H28FNO3S. The SMILES string of the molecule is CC(C)(C)c1ccc(CN(C(=O)/C=C/c2ccc(F)cc2)[C@H]2CCS(=O)(=O)C2)cc1. The van der Waals surface area contributed by atoms with Crippen molar-refractivity contribution in [3.8, 4) is 0 Å². The number of hydrogen-bond donors (Lipinski definition) is 0. The third kappa shape index (κ3) is 5.79. The van der Waals surface area contributed by atoms with Crippen LogP contribution in [0.25, 0.3) is 6.08 Å². The maximum atomic E-state index is 13.1. The van der Waals surface area contributed by atoms with E-state index < -0.39 is 9.84 Å². The second kappa shape index (κ2) is 8.72. The summed E-state index contributed by atoms with van der Waals surface area (Å²) in [5.74, 6) is -0.494. The number of halogens is 1. The quantitative estimate of drug-likeness (QED) is 0.664. The van der Waals surface area contributed by atoms with Crippen LogP contribution in [-0.4, -0.2) is 36.8 Å². The molecule has 1 aliphatic rings. The molecule has 6 heteroatoms. The van der Waals surface area contributed by atoms with Gasteiger partial charge >= 0.3 is 0 Å². The van der Waals surface area contributed by atoms with E-state index in [0.29, 0.717) is 18.5 Å². The van der Waals surface area contributed by atoms with Crippen molar-refractivity contribution in [3.05, 3.63) is 77.1 Å². The average molecular weight is 430 g/mol. The minimum Gasteiger partial charge on any atom is -0.331 e. The molecule has 0 radical (unpaired) electrons. The maximum Gasteiger partial charge on any atom is 0.247 e. The van der Waals surface area contributed by atoms with Gasteiger partial charge in [0.1, 0.15) is 5.82 Å². The zero-order valence-electron chi connectivity index (χ0n) is 17.6. The molecule has 160 valence electrons. The Morgan fingerprint density at radius 3 is 2.27 bits per heavy atom. The second-order valence-electron chi connectivity index (χ2n) is 8.85. The molecule has 4 nitrogen and oxygen atoms in total. The van der Waals surface area contributed by atoms with Crippen LogP contribution in [0.15, 0.2) is 54.6 Å². The molecule has 0 aliphatic carbocycles. The first-order valence-corrected chi connectivity index (χ1v) is 11.9. The summed E-state index contributed by atoms with van der Waals surface area (Å²) in [4.78, 5) is 14.6. The Labute approximate surface area is 178 Å². The van der Waals surface area contributed by atoms with Gasteiger partial charge in [0.05, 0.1) is 11.5 Å². The van der Waals surface area contributed by atoms with Gasteiger partial charge < -0.3 is 4.90 Å². The van der Waals surface area contributed by atoms with E-state index >= 15 is 0 Å². The fourth-order valence-electron chi connectivity index (χ4n) is 3.55. The topological polar surface area (TPSA) is 54.5 Å². The fraction of sp³-hybridized carbons (Fsp3) is 0.375. The predicted molar refractivity (Wildman–Crippen MR) is 118 cm³/mol. The van der Waals surface area contributed by atoms with Gasteiger partial charge in [-0.1, -0.05) is 57.2 Å². The van der Waals surface area contributed by atoms with Crippen LogP contribution in [0.4, 0.5) is 4.39 Å². The minimum absolute atomic E-state index is 0.0107. The van der Waals surface area contributed by atoms with Crippen LogP contribution in [0, 0.1) is 5.82 Å². The number of carbonyl (C=O) groups is 1. The number of carbonyl (C=O) groups excluding carboxylic acids is 1. The monoisotopic (exact) mass is 429 g/mol. The first-order valence-electron chi connectivity index (χ1n) is 10.1. The zero-order valence-corrected chi connectivity index (χ0v) is 18.5. The molecule has 0 aromatic heterocycles. The lowest BCUT2D eigenvalue weighted by Gasteiger charge is -2.28. The highest BCUT2D eigenvalue weighted by Crippen LogP contribution is 2.24. The molecule has 1 heterocycles. The first-order chi connectivity index (χ1) is 14.0. The van der Waals surface area contributed by atoms with E-state index in [1.54, 1.807) is 23.1 Å². The second-order valence-corrected chi connectivity index (χ2v) is 11.1. The van der Waals surface area contributed by atoms with Gasteiger partial charge in [0.2, 0.25) is 5.91 Å². The lowest BCUT2D eigenvalue weighted by molar-refractivity contribution is -0.128. The molecule has 0 N–H and O–H groups in total. The molecule has 0 unspecified atom stereocenters. The van der Waals surface area contributed by atoms with Gasteiger partial charge in [-0.2, -0.15) is 0 Å². The van der Waals surface area contributed by atoms with Gasteiger partial charge in [-0.3, -0.25) is 4.79 Å². The van der Waals surface area contributed by atoms with Crippen molar-refractivity contribution in [2.75, 3.05) is 11.5 Å². The summed E-state index contributed by atoms with van der Waals surface area (Å²) in [6.07, 6.45) is 3.50. The Morgan fingerprint density at radius 2 is 1.73 bits per heavy atom. The molecule has 1 atom stereocenters. The van der Waals surface area contributed by atoms with Crippen molar-refractivity contribution in [2.24, 2.45) is 0 Å². The van der Waals surface area contributed by atoms with Gasteiger partial charge in [0, 0.05) is 18.7 Å². The molecule has 1 saturated heterocycles. The Morgan fingerprint density at radius 1 is 1.10 bits per heavy atom. The molecular weight excluding hydrogens is 401 g/mol. The molecule has 2 aromatic rings. The Bertz CT molecular complexity index is 1020. The highest BCUT2D eigenvalue weighted by Gasteiger charge is 2.34. The number of benzene rings is 2. The van der Waals surface area contributed by atoms with Crippen molar-refractivity contribution in [3.63, 3.8) is 0 Å². The standard InChI is InChI=1S/C24H28FNO3S/c1-24(2,3)20-9-4-19(5-10-20)16-26(22-14-15-30(28,29)17-22)23(27)13-8-18-6-11-21(25)12-7-18/h4-13,22H,14-17H2,1-3H3/b13-8+/t22-/m0/s1. The van der Waals surface area contributed by atoms with E-state index in [-0.39, 0.29) is 34.7 Å². The van der Waals surface area contributed by atoms with Crippen LogP contribution >= 0.6 is 0 Å². The lowest BCUT2D eigenvalue weighted by Crippen LogP contribution is -2.39. The first kappa shape index (κ1) is 22.2. The number of amides is 1. The van der Waals surface area contributed by atoms with E-state index in [9.17, 15) is 17.6 Å². The zero-order chi connectivity index (χ0) is 21.9. The largest absolute Gasteiger partial charge is 0.331 e. The number of sulfone groups is 1. The van der Waals surface area contributed by atoms with Gasteiger partial charge in [-0.25, -0.2) is 12.8 Å². The molecule has 0 spiro atoms. The summed E-state index contributed by atoms with van der Waals surface area (Å²) >= 11 is 0. The van der Waals surface area contributed by atoms with Crippen LogP contribution in [0.1, 0.15) is 43.9 Å². The van der Waals surface area contributed by atoms with E-state index in [0.717, 1.165) is 5.56 Å². The average Bonchev–Trinajstić information content (AvgIpc) is 3.04. The van der Waals surface area contributed by atoms with Crippen LogP contribution in [0.5, 0.6) is 0 Å². The molecule has 1 fully saturated rings. The molecule has 3 rings (SSSR count). The molecule has 0 bridgehead atoms. The van der Waals surface area contributed by atoms with E-state index in [1.807, 2.05) is 12.1 Å². The van der Waals surface area contributed by atoms with Gasteiger partial charge in [0.15, 0.2) is 9.84 Å². The molecule has 30 heavy (non-hydrogen) atoms. The molecule has 1 aliphatic heterocycles. The molecule has 2 aromatic carbocycles. The van der Waals surface area contributed by atoms with E-state index in [4.69, 9.17) is 0 Å². The highest BCUT2D eigenvalue weighted by atomic mass is 32.2. The van der Waals surface area contributed by atoms with Crippen molar-refractivity contribution in [1.82, 2.24) is 4.90 Å². The van der Waals surface area contributed by atoms with E-state index in [2.05, 4.69) is 32.9 Å². The summed E-state index contributed by atoms with van der Waals surface area (Å²) in [5.41, 5.74) is 2.89. The normalized spacial score (nSPS) is 18.6. The third-order valence-corrected chi connectivity index (χ3v) is 7.14. The van der Waals surface area contributed by atoms with Crippen molar-refractivity contribution in [2.45, 2.75) is 45.2 Å². The van der Waals surface area contributed by atoms with Gasteiger partial charge in [-0.05, 0) is 46.7 Å². The van der Waals surface area contributed by atoms with E-state index in [1.165, 1.54) is 23.8 Å². The molecule has 1 amide bonds. The van der Waals surface area contributed by atoms with Gasteiger partial charge in [0.25, 0.3) is 0 Å². The highest BCUT2D eigenvalue weighted by molar-refractivity contribution is 7.91. The minimum atomic E-state index is -3.12. The van der Waals surface area contributed by atoms with Crippen molar-refractivity contribution in [1.29, 1.82) is 0 Å². The Kier molecular flexibility index (Phi) is 6.46. The van der Waals surface area contributed by atoms with Crippen LogP contribution in [0.2, 0.25) is 0 Å². The van der Waals surface area contributed by atoms with Gasteiger partial charge in [-0.15, -0.1) is 0 Å². The number of nitrogens with zero attached hydrogens (tertiary/aromatic N) is 1. The summed E-state index contributed by atoms with van der Waals surface area (Å²) in [7, 11) is -3.12. The summed E-state index contributed by atoms with van der Waals surface area (Å²) in [6.45, 7) is 6.77. The van der Waals surface area contributed by atoms with Crippen LogP contribution in [-0.2, 0) is 26.6 Å². The third-order valence-electron chi connectivity index (χ3n) is 5.39. The lowest BCUT2D eigenvalue weighted by atomic mass is 9.86.